The molecule has 0 unspecified atom stereocenters. The minimum absolute atomic E-state index is 0.151. The first kappa shape index (κ1) is 19.8. The summed E-state index contributed by atoms with van der Waals surface area (Å²) >= 11 is 0. The molecule has 7 nitrogen and oxygen atoms in total. The van der Waals surface area contributed by atoms with Crippen LogP contribution in [-0.4, -0.2) is 55.6 Å². The molecule has 148 valence electrons. The van der Waals surface area contributed by atoms with Crippen LogP contribution >= 0.6 is 0 Å². The topological polar surface area (TPSA) is 86.8 Å². The van der Waals surface area contributed by atoms with Gasteiger partial charge in [-0.05, 0) is 43.0 Å². The molecule has 1 aliphatic carbocycles. The number of rotatable bonds is 5. The molecule has 0 atom stereocenters. The van der Waals surface area contributed by atoms with Crippen molar-refractivity contribution in [2.24, 2.45) is 5.92 Å². The Morgan fingerprint density at radius 2 is 1.63 bits per heavy atom. The molecular weight excluding hydrogens is 366 g/mol. The van der Waals surface area contributed by atoms with Crippen LogP contribution in [0.5, 0.6) is 0 Å². The van der Waals surface area contributed by atoms with Gasteiger partial charge in [-0.25, -0.2) is 8.42 Å². The van der Waals surface area contributed by atoms with Crippen molar-refractivity contribution < 1.29 is 18.0 Å². The van der Waals surface area contributed by atoms with Gasteiger partial charge >= 0.3 is 0 Å². The molecule has 0 aromatic heterocycles. The maximum atomic E-state index is 12.8. The fraction of sp³-hybridized carbons (Fsp3) is 0.579. The van der Waals surface area contributed by atoms with Crippen molar-refractivity contribution in [3.8, 4) is 0 Å². The predicted octanol–water partition coefficient (Wildman–Crippen LogP) is 2.06. The lowest BCUT2D eigenvalue weighted by Crippen LogP contribution is -2.50. The van der Waals surface area contributed by atoms with E-state index >= 15 is 0 Å². The second-order valence-electron chi connectivity index (χ2n) is 7.35. The zero-order valence-electron chi connectivity index (χ0n) is 15.7. The monoisotopic (exact) mass is 393 g/mol. The SMILES string of the molecule is CC(=O)Nc1ccc(S(=O)(=O)N2CCN(C(=O)CC3CCCC3)CC2)cc1. The van der Waals surface area contributed by atoms with Crippen LogP contribution in [-0.2, 0) is 19.6 Å². The molecule has 2 amide bonds. The maximum Gasteiger partial charge on any atom is 0.243 e. The lowest BCUT2D eigenvalue weighted by atomic mass is 10.0. The van der Waals surface area contributed by atoms with E-state index in [0.29, 0.717) is 44.2 Å². The summed E-state index contributed by atoms with van der Waals surface area (Å²) in [5, 5.41) is 2.62. The van der Waals surface area contributed by atoms with E-state index in [1.54, 1.807) is 17.0 Å². The number of hydrogen-bond donors (Lipinski definition) is 1. The van der Waals surface area contributed by atoms with Gasteiger partial charge in [-0.15, -0.1) is 0 Å². The fourth-order valence-corrected chi connectivity index (χ4v) is 5.25. The van der Waals surface area contributed by atoms with Crippen LogP contribution in [0.25, 0.3) is 0 Å². The quantitative estimate of drug-likeness (QED) is 0.830. The van der Waals surface area contributed by atoms with E-state index in [2.05, 4.69) is 5.32 Å². The first-order chi connectivity index (χ1) is 12.9. The molecule has 1 saturated carbocycles. The van der Waals surface area contributed by atoms with Gasteiger partial charge in [0.15, 0.2) is 0 Å². The molecule has 1 aromatic carbocycles. The molecule has 3 rings (SSSR count). The highest BCUT2D eigenvalue weighted by molar-refractivity contribution is 7.89. The summed E-state index contributed by atoms with van der Waals surface area (Å²) in [4.78, 5) is 25.5. The Kier molecular flexibility index (Phi) is 6.16. The van der Waals surface area contributed by atoms with Crippen molar-refractivity contribution in [3.63, 3.8) is 0 Å². The largest absolute Gasteiger partial charge is 0.340 e. The maximum absolute atomic E-state index is 12.8. The van der Waals surface area contributed by atoms with Gasteiger partial charge in [0.2, 0.25) is 21.8 Å². The standard InChI is InChI=1S/C19H27N3O4S/c1-15(23)20-17-6-8-18(9-7-17)27(25,26)22-12-10-21(11-13-22)19(24)14-16-4-2-3-5-16/h6-9,16H,2-5,10-14H2,1H3,(H,20,23). The summed E-state index contributed by atoms with van der Waals surface area (Å²) < 4.78 is 27.1. The number of nitrogens with zero attached hydrogens (tertiary/aromatic N) is 2. The Morgan fingerprint density at radius 3 is 2.19 bits per heavy atom. The number of amides is 2. The van der Waals surface area contributed by atoms with Crippen LogP contribution < -0.4 is 5.32 Å². The van der Waals surface area contributed by atoms with E-state index in [4.69, 9.17) is 0 Å². The van der Waals surface area contributed by atoms with Crippen LogP contribution in [0.1, 0.15) is 39.0 Å². The molecule has 8 heteroatoms. The van der Waals surface area contributed by atoms with E-state index in [1.165, 1.54) is 36.2 Å². The van der Waals surface area contributed by atoms with Crippen molar-refractivity contribution in [3.05, 3.63) is 24.3 Å². The average Bonchev–Trinajstić information content (AvgIpc) is 3.15. The highest BCUT2D eigenvalue weighted by atomic mass is 32.2. The lowest BCUT2D eigenvalue weighted by Gasteiger charge is -2.34. The van der Waals surface area contributed by atoms with Gasteiger partial charge in [-0.2, -0.15) is 4.31 Å². The Hall–Kier alpha value is -1.93. The minimum Gasteiger partial charge on any atom is -0.340 e. The number of hydrogen-bond acceptors (Lipinski definition) is 4. The highest BCUT2D eigenvalue weighted by Crippen LogP contribution is 2.28. The Balaban J connectivity index is 1.57. The van der Waals surface area contributed by atoms with Gasteiger partial charge < -0.3 is 10.2 Å². The Morgan fingerprint density at radius 1 is 1.04 bits per heavy atom. The molecule has 1 aliphatic heterocycles. The number of nitrogens with one attached hydrogen (secondary N) is 1. The van der Waals surface area contributed by atoms with Gasteiger partial charge in [0.25, 0.3) is 0 Å². The first-order valence-electron chi connectivity index (χ1n) is 9.52. The third-order valence-corrected chi connectivity index (χ3v) is 7.25. The van der Waals surface area contributed by atoms with Gasteiger partial charge in [0, 0.05) is 45.2 Å². The van der Waals surface area contributed by atoms with Crippen LogP contribution in [0.3, 0.4) is 0 Å². The molecular formula is C19H27N3O4S. The normalized spacial score (nSPS) is 19.2. The number of benzene rings is 1. The van der Waals surface area contributed by atoms with Crippen molar-refractivity contribution in [2.75, 3.05) is 31.5 Å². The summed E-state index contributed by atoms with van der Waals surface area (Å²) in [7, 11) is -3.60. The Labute approximate surface area is 160 Å². The second-order valence-corrected chi connectivity index (χ2v) is 9.28. The number of carbonyl (C=O) groups excluding carboxylic acids is 2. The number of piperazine rings is 1. The average molecular weight is 394 g/mol. The molecule has 1 saturated heterocycles. The third kappa shape index (κ3) is 4.87. The van der Waals surface area contributed by atoms with E-state index in [1.807, 2.05) is 0 Å². The molecule has 1 heterocycles. The zero-order valence-corrected chi connectivity index (χ0v) is 16.5. The molecule has 1 N–H and O–H groups in total. The minimum atomic E-state index is -3.60. The molecule has 0 bridgehead atoms. The van der Waals surface area contributed by atoms with Crippen molar-refractivity contribution in [1.29, 1.82) is 0 Å². The number of carbonyl (C=O) groups is 2. The summed E-state index contributed by atoms with van der Waals surface area (Å²) in [5.74, 6) is 0.448. The molecule has 0 radical (unpaired) electrons. The van der Waals surface area contributed by atoms with Gasteiger partial charge in [-0.1, -0.05) is 12.8 Å². The molecule has 2 aliphatic rings. The summed E-state index contributed by atoms with van der Waals surface area (Å²) in [6.45, 7) is 2.90. The second kappa shape index (κ2) is 8.39. The first-order valence-corrected chi connectivity index (χ1v) is 11.0. The van der Waals surface area contributed by atoms with Crippen LogP contribution in [0, 0.1) is 5.92 Å². The predicted molar refractivity (Wildman–Crippen MR) is 103 cm³/mol. The highest BCUT2D eigenvalue weighted by Gasteiger charge is 2.31. The van der Waals surface area contributed by atoms with E-state index in [9.17, 15) is 18.0 Å². The lowest BCUT2D eigenvalue weighted by molar-refractivity contribution is -0.133. The summed E-state index contributed by atoms with van der Waals surface area (Å²) in [5.41, 5.74) is 0.559. The van der Waals surface area contributed by atoms with Crippen LogP contribution in [0.15, 0.2) is 29.2 Å². The van der Waals surface area contributed by atoms with Crippen LogP contribution in [0.4, 0.5) is 5.69 Å². The van der Waals surface area contributed by atoms with Crippen molar-refractivity contribution in [2.45, 2.75) is 43.9 Å². The third-order valence-electron chi connectivity index (χ3n) is 5.34. The zero-order chi connectivity index (χ0) is 19.4. The van der Waals surface area contributed by atoms with Crippen molar-refractivity contribution in [1.82, 2.24) is 9.21 Å². The van der Waals surface area contributed by atoms with Gasteiger partial charge in [-0.3, -0.25) is 9.59 Å². The number of anilines is 1. The van der Waals surface area contributed by atoms with Crippen LogP contribution in [0.2, 0.25) is 0 Å². The smallest absolute Gasteiger partial charge is 0.243 e. The number of sulfonamides is 1. The fourth-order valence-electron chi connectivity index (χ4n) is 3.83. The summed E-state index contributed by atoms with van der Waals surface area (Å²) in [6.07, 6.45) is 5.29. The van der Waals surface area contributed by atoms with E-state index in [0.717, 1.165) is 12.8 Å². The molecule has 2 fully saturated rings. The molecule has 0 spiro atoms. The van der Waals surface area contributed by atoms with Gasteiger partial charge in [0.05, 0.1) is 4.90 Å². The Bertz CT molecular complexity index is 778. The molecule has 27 heavy (non-hydrogen) atoms. The van der Waals surface area contributed by atoms with Gasteiger partial charge in [0.1, 0.15) is 0 Å². The van der Waals surface area contributed by atoms with E-state index < -0.39 is 10.0 Å². The summed E-state index contributed by atoms with van der Waals surface area (Å²) in [6, 6.07) is 6.15. The van der Waals surface area contributed by atoms with E-state index in [-0.39, 0.29) is 16.7 Å². The van der Waals surface area contributed by atoms with Crippen molar-refractivity contribution >= 4 is 27.5 Å². The molecule has 1 aromatic rings.